The molecule has 0 amide bonds. The van der Waals surface area contributed by atoms with E-state index < -0.39 is 42.9 Å². The van der Waals surface area contributed by atoms with Crippen LogP contribution in [0.4, 0.5) is 0 Å². The molecule has 0 radical (unpaired) electrons. The Balaban J connectivity index is 0.00000208. The van der Waals surface area contributed by atoms with Gasteiger partial charge in [-0.25, -0.2) is 8.42 Å². The molecule has 0 unspecified atom stereocenters. The molecule has 0 saturated heterocycles. The van der Waals surface area contributed by atoms with E-state index in [-0.39, 0.29) is 68.1 Å². The largest absolute Gasteiger partial charge is 1.00 e. The third-order valence-corrected chi connectivity index (χ3v) is 4.21. The first-order valence-corrected chi connectivity index (χ1v) is 7.61. The van der Waals surface area contributed by atoms with Crippen LogP contribution in [-0.2, 0) is 10.1 Å². The quantitative estimate of drug-likeness (QED) is 0.306. The molecule has 0 aliphatic carbocycles. The minimum absolute atomic E-state index is 0. The van der Waals surface area contributed by atoms with Gasteiger partial charge in [0.1, 0.15) is 31.9 Å². The van der Waals surface area contributed by atoms with Gasteiger partial charge in [0.05, 0.1) is 12.5 Å². The Morgan fingerprint density at radius 3 is 2.42 bits per heavy atom. The number of hydrogen-bond acceptors (Lipinski definition) is 8. The molecule has 3 rings (SSSR count). The van der Waals surface area contributed by atoms with E-state index in [0.717, 1.165) is 0 Å². The average Bonchev–Trinajstić information content (AvgIpc) is 2.44. The Bertz CT molecular complexity index is 1120. The van der Waals surface area contributed by atoms with Gasteiger partial charge in [0, 0.05) is 6.07 Å². The SMILES string of the molecule is COc1cccc2c(=O)c3c(O)cc(O)c(S(=O)(=O)[O-])c3oc12.[K+]. The maximum atomic E-state index is 12.5. The molecule has 1 heterocycles. The Kier molecular flexibility index (Phi) is 5.30. The van der Waals surface area contributed by atoms with Crippen molar-refractivity contribution in [3.05, 3.63) is 34.5 Å². The maximum Gasteiger partial charge on any atom is 1.00 e. The molecule has 1 aromatic heterocycles. The third kappa shape index (κ3) is 2.94. The second kappa shape index (κ2) is 6.63. The van der Waals surface area contributed by atoms with Crippen LogP contribution in [0.25, 0.3) is 21.9 Å². The summed E-state index contributed by atoms with van der Waals surface area (Å²) < 4.78 is 44.5. The minimum Gasteiger partial charge on any atom is -0.744 e. The van der Waals surface area contributed by atoms with Crippen LogP contribution in [0.2, 0.25) is 0 Å². The van der Waals surface area contributed by atoms with Crippen molar-refractivity contribution in [3.63, 3.8) is 0 Å². The van der Waals surface area contributed by atoms with Crippen molar-refractivity contribution in [1.29, 1.82) is 0 Å². The molecule has 0 bridgehead atoms. The molecule has 2 aromatic carbocycles. The molecular formula is C14H9KO8S. The number of hydrogen-bond donors (Lipinski definition) is 2. The first-order valence-electron chi connectivity index (χ1n) is 6.20. The predicted octanol–water partition coefficient (Wildman–Crippen LogP) is -1.73. The van der Waals surface area contributed by atoms with Crippen molar-refractivity contribution >= 4 is 32.1 Å². The summed E-state index contributed by atoms with van der Waals surface area (Å²) in [5.41, 5.74) is -1.59. The van der Waals surface area contributed by atoms with Gasteiger partial charge >= 0.3 is 51.4 Å². The van der Waals surface area contributed by atoms with Gasteiger partial charge in [0.25, 0.3) is 0 Å². The van der Waals surface area contributed by atoms with Crippen LogP contribution in [0.15, 0.2) is 38.4 Å². The molecule has 120 valence electrons. The molecule has 0 atom stereocenters. The number of phenols is 2. The van der Waals surface area contributed by atoms with Crippen LogP contribution in [0, 0.1) is 0 Å². The zero-order valence-electron chi connectivity index (χ0n) is 12.6. The fraction of sp³-hybridized carbons (Fsp3) is 0.0714. The van der Waals surface area contributed by atoms with Gasteiger partial charge in [0.15, 0.2) is 16.9 Å². The van der Waals surface area contributed by atoms with E-state index in [1.807, 2.05) is 0 Å². The number of aromatic hydroxyl groups is 2. The molecule has 0 aliphatic heterocycles. The molecule has 2 N–H and O–H groups in total. The van der Waals surface area contributed by atoms with Crippen LogP contribution in [-0.4, -0.2) is 30.3 Å². The van der Waals surface area contributed by atoms with E-state index in [9.17, 15) is 28.0 Å². The molecule has 0 fully saturated rings. The van der Waals surface area contributed by atoms with Crippen molar-refractivity contribution in [1.82, 2.24) is 0 Å². The van der Waals surface area contributed by atoms with Crippen molar-refractivity contribution in [2.24, 2.45) is 0 Å². The smallest absolute Gasteiger partial charge is 0.744 e. The first kappa shape index (κ1) is 19.2. The number of fused-ring (bicyclic) bond motifs is 2. The monoisotopic (exact) mass is 376 g/mol. The fourth-order valence-corrected chi connectivity index (χ4v) is 3.06. The normalized spacial score (nSPS) is 11.4. The summed E-state index contributed by atoms with van der Waals surface area (Å²) in [5, 5.41) is 19.0. The van der Waals surface area contributed by atoms with Crippen molar-refractivity contribution < 1.29 is 83.7 Å². The van der Waals surface area contributed by atoms with Gasteiger partial charge in [0.2, 0.25) is 5.43 Å². The minimum atomic E-state index is -5.17. The van der Waals surface area contributed by atoms with Gasteiger partial charge in [-0.15, -0.1) is 0 Å². The summed E-state index contributed by atoms with van der Waals surface area (Å²) in [5.74, 6) is -1.59. The Morgan fingerprint density at radius 2 is 1.83 bits per heavy atom. The van der Waals surface area contributed by atoms with Gasteiger partial charge < -0.3 is 23.9 Å². The van der Waals surface area contributed by atoms with E-state index in [1.165, 1.54) is 25.3 Å². The fourth-order valence-electron chi connectivity index (χ4n) is 2.37. The Morgan fingerprint density at radius 1 is 1.17 bits per heavy atom. The van der Waals surface area contributed by atoms with Crippen molar-refractivity contribution in [2.45, 2.75) is 4.90 Å². The Labute approximate surface area is 177 Å². The summed E-state index contributed by atoms with van der Waals surface area (Å²) >= 11 is 0. The standard InChI is InChI=1S/C14H10O8S.K/c1-21-9-4-2-3-6-11(17)10-7(15)5-8(16)14(23(18,19)20)13(10)22-12(6)9;/h2-5,15-16H,1H3,(H,18,19,20);/q;+1/p-1. The number of phenolic OH excluding ortho intramolecular Hbond substituents is 2. The molecule has 8 nitrogen and oxygen atoms in total. The van der Waals surface area contributed by atoms with E-state index in [2.05, 4.69) is 0 Å². The number of methoxy groups -OCH3 is 1. The van der Waals surface area contributed by atoms with Gasteiger partial charge in [-0.3, -0.25) is 4.79 Å². The van der Waals surface area contributed by atoms with Gasteiger partial charge in [-0.1, -0.05) is 6.07 Å². The third-order valence-electron chi connectivity index (χ3n) is 3.32. The van der Waals surface area contributed by atoms with Crippen LogP contribution < -0.4 is 61.6 Å². The van der Waals surface area contributed by atoms with Crippen LogP contribution >= 0.6 is 0 Å². The van der Waals surface area contributed by atoms with Crippen molar-refractivity contribution in [2.75, 3.05) is 7.11 Å². The van der Waals surface area contributed by atoms with E-state index in [0.29, 0.717) is 6.07 Å². The van der Waals surface area contributed by atoms with Crippen LogP contribution in [0.1, 0.15) is 0 Å². The molecule has 0 aliphatic rings. The zero-order valence-corrected chi connectivity index (χ0v) is 16.5. The second-order valence-electron chi connectivity index (χ2n) is 4.67. The van der Waals surface area contributed by atoms with Crippen LogP contribution in [0.3, 0.4) is 0 Å². The molecular weight excluding hydrogens is 367 g/mol. The van der Waals surface area contributed by atoms with Gasteiger partial charge in [-0.05, 0) is 12.1 Å². The predicted molar refractivity (Wildman–Crippen MR) is 77.8 cm³/mol. The topological polar surface area (TPSA) is 137 Å². The molecule has 10 heteroatoms. The molecule has 0 spiro atoms. The number of para-hydroxylation sites is 1. The number of rotatable bonds is 2. The van der Waals surface area contributed by atoms with Gasteiger partial charge in [-0.2, -0.15) is 0 Å². The summed E-state index contributed by atoms with van der Waals surface area (Å²) in [7, 11) is -3.86. The summed E-state index contributed by atoms with van der Waals surface area (Å²) in [6.45, 7) is 0. The van der Waals surface area contributed by atoms with Crippen molar-refractivity contribution in [3.8, 4) is 17.2 Å². The summed E-state index contributed by atoms with van der Waals surface area (Å²) in [6, 6.07) is 4.97. The second-order valence-corrected chi connectivity index (χ2v) is 5.99. The zero-order chi connectivity index (χ0) is 16.9. The number of benzene rings is 2. The van der Waals surface area contributed by atoms with Crippen LogP contribution in [0.5, 0.6) is 17.2 Å². The Hall–Kier alpha value is -1.14. The first-order chi connectivity index (χ1) is 10.8. The summed E-state index contributed by atoms with van der Waals surface area (Å²) in [4.78, 5) is 11.4. The maximum absolute atomic E-state index is 12.5. The molecule has 0 saturated carbocycles. The van der Waals surface area contributed by atoms with E-state index in [4.69, 9.17) is 9.15 Å². The van der Waals surface area contributed by atoms with E-state index in [1.54, 1.807) is 0 Å². The average molecular weight is 376 g/mol. The number of ether oxygens (including phenoxy) is 1. The molecule has 24 heavy (non-hydrogen) atoms. The summed E-state index contributed by atoms with van der Waals surface area (Å²) in [6.07, 6.45) is 0. The van der Waals surface area contributed by atoms with E-state index >= 15 is 0 Å². The molecule has 3 aromatic rings.